The largest absolute Gasteiger partial charge is 0.507 e. The first kappa shape index (κ1) is 23.4. The van der Waals surface area contributed by atoms with Crippen molar-refractivity contribution in [2.24, 2.45) is 0 Å². The lowest BCUT2D eigenvalue weighted by molar-refractivity contribution is -0.140. The molecule has 0 spiro atoms. The predicted octanol–water partition coefficient (Wildman–Crippen LogP) is 4.79. The topological polar surface area (TPSA) is 85.3 Å². The summed E-state index contributed by atoms with van der Waals surface area (Å²) in [5.41, 5.74) is 1.03. The number of ketones is 1. The number of hydrogen-bond donors (Lipinski definition) is 1. The van der Waals surface area contributed by atoms with E-state index >= 15 is 0 Å². The van der Waals surface area contributed by atoms with Crippen LogP contribution in [0.1, 0.15) is 29.0 Å². The molecule has 4 rings (SSSR count). The Bertz CT molecular complexity index is 1230. The number of amides is 1. The van der Waals surface area contributed by atoms with Gasteiger partial charge in [-0.2, -0.15) is 0 Å². The minimum absolute atomic E-state index is 0.0161. The minimum atomic E-state index is -0.808. The summed E-state index contributed by atoms with van der Waals surface area (Å²) < 4.78 is 16.3. The van der Waals surface area contributed by atoms with E-state index in [1.807, 2.05) is 24.4 Å². The number of carbonyl (C=O) groups excluding carboxylic acids is 2. The van der Waals surface area contributed by atoms with Gasteiger partial charge in [0, 0.05) is 10.4 Å². The Balaban J connectivity index is 1.88. The fourth-order valence-electron chi connectivity index (χ4n) is 4.04. The number of nitrogens with zero attached hydrogens (tertiary/aromatic N) is 1. The molecule has 1 aromatic heterocycles. The highest BCUT2D eigenvalue weighted by Gasteiger charge is 2.46. The van der Waals surface area contributed by atoms with Gasteiger partial charge < -0.3 is 24.2 Å². The van der Waals surface area contributed by atoms with Gasteiger partial charge in [0.15, 0.2) is 11.5 Å². The summed E-state index contributed by atoms with van der Waals surface area (Å²) in [7, 11) is 3.05. The van der Waals surface area contributed by atoms with Gasteiger partial charge in [0.05, 0.1) is 39.0 Å². The van der Waals surface area contributed by atoms with Crippen molar-refractivity contribution in [1.82, 2.24) is 4.90 Å². The zero-order valence-corrected chi connectivity index (χ0v) is 19.9. The second-order valence-electron chi connectivity index (χ2n) is 7.58. The molecule has 1 N–H and O–H groups in total. The summed E-state index contributed by atoms with van der Waals surface area (Å²) in [6, 6.07) is 15.0. The fourth-order valence-corrected chi connectivity index (χ4v) is 4.74. The zero-order valence-electron chi connectivity index (χ0n) is 19.1. The molecule has 0 aliphatic carbocycles. The van der Waals surface area contributed by atoms with Crippen LogP contribution in [0.25, 0.3) is 5.76 Å². The van der Waals surface area contributed by atoms with Crippen molar-refractivity contribution >= 4 is 28.8 Å². The molecule has 3 aromatic rings. The van der Waals surface area contributed by atoms with Gasteiger partial charge in [0.1, 0.15) is 11.5 Å². The van der Waals surface area contributed by atoms with Crippen LogP contribution in [0, 0.1) is 0 Å². The molecule has 1 amide bonds. The molecule has 8 heteroatoms. The number of benzene rings is 2. The second-order valence-corrected chi connectivity index (χ2v) is 8.61. The minimum Gasteiger partial charge on any atom is -0.507 e. The smallest absolute Gasteiger partial charge is 0.295 e. The molecule has 1 aliphatic heterocycles. The molecule has 1 unspecified atom stereocenters. The summed E-state index contributed by atoms with van der Waals surface area (Å²) in [6.07, 6.45) is 0. The van der Waals surface area contributed by atoms with Crippen molar-refractivity contribution in [3.8, 4) is 17.2 Å². The molecule has 0 bridgehead atoms. The highest BCUT2D eigenvalue weighted by molar-refractivity contribution is 7.09. The molecule has 34 heavy (non-hydrogen) atoms. The third-order valence-electron chi connectivity index (χ3n) is 5.59. The molecule has 1 fully saturated rings. The molecule has 0 saturated carbocycles. The van der Waals surface area contributed by atoms with Gasteiger partial charge in [-0.15, -0.1) is 11.3 Å². The van der Waals surface area contributed by atoms with Crippen molar-refractivity contribution in [2.75, 3.05) is 20.8 Å². The fraction of sp³-hybridized carbons (Fsp3) is 0.231. The molecular formula is C26H25NO6S. The lowest BCUT2D eigenvalue weighted by Gasteiger charge is -2.25. The van der Waals surface area contributed by atoms with Crippen LogP contribution in [-0.2, 0) is 16.1 Å². The zero-order chi connectivity index (χ0) is 24.2. The lowest BCUT2D eigenvalue weighted by Crippen LogP contribution is -2.28. The summed E-state index contributed by atoms with van der Waals surface area (Å²) in [5, 5.41) is 13.2. The Kier molecular flexibility index (Phi) is 6.88. The van der Waals surface area contributed by atoms with Gasteiger partial charge >= 0.3 is 0 Å². The van der Waals surface area contributed by atoms with Crippen molar-refractivity contribution in [3.63, 3.8) is 0 Å². The average molecular weight is 480 g/mol. The number of carbonyl (C=O) groups is 2. The third-order valence-corrected chi connectivity index (χ3v) is 6.45. The first-order chi connectivity index (χ1) is 16.5. The van der Waals surface area contributed by atoms with Gasteiger partial charge in [-0.05, 0) is 48.2 Å². The number of likely N-dealkylation sites (tertiary alicyclic amines) is 1. The monoisotopic (exact) mass is 479 g/mol. The van der Waals surface area contributed by atoms with Gasteiger partial charge in [0.2, 0.25) is 0 Å². The van der Waals surface area contributed by atoms with Gasteiger partial charge in [-0.25, -0.2) is 0 Å². The van der Waals surface area contributed by atoms with Crippen molar-refractivity contribution in [3.05, 3.63) is 81.6 Å². The Hall–Kier alpha value is -3.78. The van der Waals surface area contributed by atoms with E-state index in [1.165, 1.54) is 30.5 Å². The van der Waals surface area contributed by atoms with E-state index in [9.17, 15) is 14.7 Å². The number of thiophene rings is 1. The van der Waals surface area contributed by atoms with E-state index in [2.05, 4.69) is 0 Å². The number of Topliss-reactive ketones (excluding diaryl/α,β-unsaturated/α-hetero) is 1. The van der Waals surface area contributed by atoms with E-state index < -0.39 is 17.7 Å². The lowest BCUT2D eigenvalue weighted by atomic mass is 9.95. The molecule has 1 saturated heterocycles. The van der Waals surface area contributed by atoms with E-state index in [0.29, 0.717) is 35.0 Å². The van der Waals surface area contributed by atoms with E-state index in [1.54, 1.807) is 42.5 Å². The number of methoxy groups -OCH3 is 2. The molecule has 1 atom stereocenters. The summed E-state index contributed by atoms with van der Waals surface area (Å²) in [4.78, 5) is 28.8. The van der Waals surface area contributed by atoms with E-state index in [0.717, 1.165) is 4.88 Å². The molecule has 7 nitrogen and oxygen atoms in total. The average Bonchev–Trinajstić information content (AvgIpc) is 3.46. The quantitative estimate of drug-likeness (QED) is 0.284. The third kappa shape index (κ3) is 4.36. The number of ether oxygens (including phenoxy) is 3. The van der Waals surface area contributed by atoms with Gasteiger partial charge in [-0.3, -0.25) is 9.59 Å². The number of aliphatic hydroxyl groups excluding tert-OH is 1. The first-order valence-electron chi connectivity index (χ1n) is 10.7. The number of rotatable bonds is 8. The predicted molar refractivity (Wildman–Crippen MR) is 129 cm³/mol. The van der Waals surface area contributed by atoms with Crippen LogP contribution in [0.4, 0.5) is 0 Å². The Morgan fingerprint density at radius 3 is 2.50 bits per heavy atom. The van der Waals surface area contributed by atoms with Crippen LogP contribution in [0.3, 0.4) is 0 Å². The van der Waals surface area contributed by atoms with Crippen molar-refractivity contribution in [1.29, 1.82) is 0 Å². The van der Waals surface area contributed by atoms with Crippen molar-refractivity contribution < 1.29 is 28.9 Å². The van der Waals surface area contributed by atoms with Crippen LogP contribution in [0.15, 0.2) is 65.6 Å². The standard InChI is InChI=1S/C26H25NO6S/c1-4-33-18-8-5-7-17(13-18)24(28)22-23(16-10-11-20(31-2)21(14-16)32-3)27(26(30)25(22)29)15-19-9-6-12-34-19/h5-14,23,28H,4,15H2,1-3H3/b24-22-. The molecule has 2 aromatic carbocycles. The normalized spacial score (nSPS) is 17.1. The van der Waals surface area contributed by atoms with Crippen LogP contribution in [0.2, 0.25) is 0 Å². The first-order valence-corrected chi connectivity index (χ1v) is 11.6. The Labute approximate surface area is 201 Å². The Morgan fingerprint density at radius 2 is 1.82 bits per heavy atom. The summed E-state index contributed by atoms with van der Waals surface area (Å²) >= 11 is 1.49. The van der Waals surface area contributed by atoms with Crippen LogP contribution in [-0.4, -0.2) is 42.5 Å². The number of hydrogen-bond acceptors (Lipinski definition) is 7. The molecule has 0 radical (unpaired) electrons. The second kappa shape index (κ2) is 10.0. The van der Waals surface area contributed by atoms with Crippen LogP contribution in [0.5, 0.6) is 17.2 Å². The van der Waals surface area contributed by atoms with Gasteiger partial charge in [0.25, 0.3) is 11.7 Å². The van der Waals surface area contributed by atoms with E-state index in [4.69, 9.17) is 14.2 Å². The summed E-state index contributed by atoms with van der Waals surface area (Å²) in [5.74, 6) is -0.132. The van der Waals surface area contributed by atoms with Gasteiger partial charge in [-0.1, -0.05) is 24.3 Å². The van der Waals surface area contributed by atoms with Crippen molar-refractivity contribution in [2.45, 2.75) is 19.5 Å². The molecule has 176 valence electrons. The number of aliphatic hydroxyl groups is 1. The summed E-state index contributed by atoms with van der Waals surface area (Å²) in [6.45, 7) is 2.55. The Morgan fingerprint density at radius 1 is 1.03 bits per heavy atom. The maximum Gasteiger partial charge on any atom is 0.295 e. The van der Waals surface area contributed by atoms with Crippen LogP contribution < -0.4 is 14.2 Å². The SMILES string of the molecule is CCOc1cccc(/C(O)=C2/C(=O)C(=O)N(Cc3cccs3)C2c2ccc(OC)c(OC)c2)c1. The highest BCUT2D eigenvalue weighted by Crippen LogP contribution is 2.43. The highest BCUT2D eigenvalue weighted by atomic mass is 32.1. The molecule has 2 heterocycles. The maximum atomic E-state index is 13.2. The van der Waals surface area contributed by atoms with E-state index in [-0.39, 0.29) is 17.9 Å². The molecule has 1 aliphatic rings. The van der Waals surface area contributed by atoms with Crippen LogP contribution >= 0.6 is 11.3 Å². The maximum absolute atomic E-state index is 13.2. The molecular weight excluding hydrogens is 454 g/mol.